The number of hydrogen-bond donors (Lipinski definition) is 2. The lowest BCUT2D eigenvalue weighted by Gasteiger charge is -2.22. The zero-order chi connectivity index (χ0) is 16.0. The molecule has 2 unspecified atom stereocenters. The predicted molar refractivity (Wildman–Crippen MR) is 79.2 cm³/mol. The lowest BCUT2D eigenvalue weighted by Crippen LogP contribution is -2.44. The van der Waals surface area contributed by atoms with Crippen molar-refractivity contribution >= 4 is 12.0 Å². The van der Waals surface area contributed by atoms with E-state index in [0.29, 0.717) is 0 Å². The van der Waals surface area contributed by atoms with Crippen molar-refractivity contribution in [3.8, 4) is 0 Å². The lowest BCUT2D eigenvalue weighted by atomic mass is 10.1. The van der Waals surface area contributed by atoms with Gasteiger partial charge in [0.05, 0.1) is 5.92 Å². The summed E-state index contributed by atoms with van der Waals surface area (Å²) >= 11 is 0. The van der Waals surface area contributed by atoms with E-state index >= 15 is 0 Å². The van der Waals surface area contributed by atoms with Gasteiger partial charge in [0.15, 0.2) is 0 Å². The molecule has 6 nitrogen and oxygen atoms in total. The number of urea groups is 1. The normalized spacial score (nSPS) is 13.5. The van der Waals surface area contributed by atoms with Crippen LogP contribution < -0.4 is 5.32 Å². The minimum atomic E-state index is -0.907. The topological polar surface area (TPSA) is 82.8 Å². The summed E-state index contributed by atoms with van der Waals surface area (Å²) in [6, 6.07) is 3.58. The quantitative estimate of drug-likeness (QED) is 0.808. The van der Waals surface area contributed by atoms with Crippen molar-refractivity contribution in [3.63, 3.8) is 0 Å². The first-order valence-corrected chi connectivity index (χ1v) is 7.09. The molecule has 0 spiro atoms. The summed E-state index contributed by atoms with van der Waals surface area (Å²) in [5, 5.41) is 11.7. The number of aryl methyl sites for hydroxylation is 2. The third kappa shape index (κ3) is 5.89. The fraction of sp³-hybridized carbons (Fsp3) is 0.600. The Kier molecular flexibility index (Phi) is 6.27. The van der Waals surface area contributed by atoms with E-state index in [1.807, 2.05) is 26.0 Å². The first kappa shape index (κ1) is 17.1. The summed E-state index contributed by atoms with van der Waals surface area (Å²) in [5.74, 6) is 0.295. The van der Waals surface area contributed by atoms with Crippen LogP contribution in [0.2, 0.25) is 0 Å². The van der Waals surface area contributed by atoms with Gasteiger partial charge in [0.1, 0.15) is 11.5 Å². The van der Waals surface area contributed by atoms with E-state index in [4.69, 9.17) is 9.52 Å². The Balaban J connectivity index is 2.34. The predicted octanol–water partition coefficient (Wildman–Crippen LogP) is 2.27. The molecule has 2 amide bonds. The molecule has 0 radical (unpaired) electrons. The fourth-order valence-corrected chi connectivity index (χ4v) is 1.94. The summed E-state index contributed by atoms with van der Waals surface area (Å²) in [6.07, 6.45) is 1.52. The number of carbonyl (C=O) groups excluding carboxylic acids is 1. The van der Waals surface area contributed by atoms with Crippen molar-refractivity contribution in [2.75, 3.05) is 13.6 Å². The van der Waals surface area contributed by atoms with E-state index in [0.717, 1.165) is 24.4 Å². The van der Waals surface area contributed by atoms with Crippen molar-refractivity contribution in [3.05, 3.63) is 23.7 Å². The molecule has 0 saturated heterocycles. The van der Waals surface area contributed by atoms with Crippen LogP contribution in [-0.2, 0) is 11.2 Å². The van der Waals surface area contributed by atoms with Crippen LogP contribution in [0, 0.1) is 12.8 Å². The zero-order valence-electron chi connectivity index (χ0n) is 13.0. The summed E-state index contributed by atoms with van der Waals surface area (Å²) < 4.78 is 5.48. The molecule has 1 rings (SSSR count). The first-order valence-electron chi connectivity index (χ1n) is 7.09. The van der Waals surface area contributed by atoms with Gasteiger partial charge in [0.2, 0.25) is 0 Å². The van der Waals surface area contributed by atoms with E-state index in [1.54, 1.807) is 14.0 Å². The molecule has 0 aliphatic heterocycles. The summed E-state index contributed by atoms with van der Waals surface area (Å²) in [5.41, 5.74) is 0. The number of carboxylic acid groups (broad SMARTS) is 1. The van der Waals surface area contributed by atoms with Crippen LogP contribution in [0.25, 0.3) is 0 Å². The molecule has 2 N–H and O–H groups in total. The molecule has 0 aromatic carbocycles. The van der Waals surface area contributed by atoms with Crippen molar-refractivity contribution in [1.29, 1.82) is 0 Å². The molecule has 1 heterocycles. The van der Waals surface area contributed by atoms with Crippen molar-refractivity contribution in [2.45, 2.75) is 39.7 Å². The number of aliphatic carboxylic acids is 1. The Labute approximate surface area is 125 Å². The number of nitrogens with zero attached hydrogens (tertiary/aromatic N) is 1. The van der Waals surface area contributed by atoms with E-state index in [-0.39, 0.29) is 18.6 Å². The van der Waals surface area contributed by atoms with Gasteiger partial charge in [0, 0.05) is 26.1 Å². The van der Waals surface area contributed by atoms with Gasteiger partial charge in [0.25, 0.3) is 0 Å². The average Bonchev–Trinajstić information content (AvgIpc) is 2.81. The monoisotopic (exact) mass is 296 g/mol. The van der Waals surface area contributed by atoms with Crippen LogP contribution in [0.5, 0.6) is 0 Å². The fourth-order valence-electron chi connectivity index (χ4n) is 1.94. The Morgan fingerprint density at radius 3 is 2.57 bits per heavy atom. The van der Waals surface area contributed by atoms with E-state index < -0.39 is 11.9 Å². The third-order valence-electron chi connectivity index (χ3n) is 3.31. The number of carboxylic acids is 1. The second-order valence-corrected chi connectivity index (χ2v) is 5.52. The van der Waals surface area contributed by atoms with Crippen LogP contribution in [-0.4, -0.2) is 41.6 Å². The van der Waals surface area contributed by atoms with Gasteiger partial charge in [-0.15, -0.1) is 0 Å². The minimum absolute atomic E-state index is 0.00881. The van der Waals surface area contributed by atoms with E-state index in [2.05, 4.69) is 5.32 Å². The maximum Gasteiger partial charge on any atom is 0.317 e. The Morgan fingerprint density at radius 2 is 2.05 bits per heavy atom. The SMILES string of the molecule is Cc1ccc(CCC(C)NC(=O)N(C)CC(C)C(=O)O)o1. The highest BCUT2D eigenvalue weighted by molar-refractivity contribution is 5.75. The molecule has 2 atom stereocenters. The highest BCUT2D eigenvalue weighted by Crippen LogP contribution is 2.10. The van der Waals surface area contributed by atoms with Gasteiger partial charge in [-0.3, -0.25) is 4.79 Å². The molecule has 118 valence electrons. The lowest BCUT2D eigenvalue weighted by molar-refractivity contribution is -0.141. The number of carbonyl (C=O) groups is 2. The smallest absolute Gasteiger partial charge is 0.317 e. The van der Waals surface area contributed by atoms with Gasteiger partial charge in [-0.1, -0.05) is 6.92 Å². The molecular formula is C15H24N2O4. The summed E-state index contributed by atoms with van der Waals surface area (Å²) in [7, 11) is 1.59. The number of amides is 2. The minimum Gasteiger partial charge on any atom is -0.481 e. The van der Waals surface area contributed by atoms with Gasteiger partial charge in [-0.25, -0.2) is 4.79 Å². The molecule has 0 bridgehead atoms. The van der Waals surface area contributed by atoms with Gasteiger partial charge < -0.3 is 19.7 Å². The van der Waals surface area contributed by atoms with Crippen LogP contribution in [0.1, 0.15) is 31.8 Å². The van der Waals surface area contributed by atoms with Crippen molar-refractivity contribution in [2.24, 2.45) is 5.92 Å². The molecule has 0 saturated carbocycles. The van der Waals surface area contributed by atoms with Crippen LogP contribution in [0.4, 0.5) is 4.79 Å². The first-order chi connectivity index (χ1) is 9.79. The third-order valence-corrected chi connectivity index (χ3v) is 3.31. The van der Waals surface area contributed by atoms with Crippen LogP contribution in [0.3, 0.4) is 0 Å². The van der Waals surface area contributed by atoms with Crippen molar-refractivity contribution in [1.82, 2.24) is 10.2 Å². The Bertz CT molecular complexity index is 484. The van der Waals surface area contributed by atoms with E-state index in [1.165, 1.54) is 4.90 Å². The van der Waals surface area contributed by atoms with Crippen molar-refractivity contribution < 1.29 is 19.1 Å². The number of nitrogens with one attached hydrogen (secondary N) is 1. The molecule has 21 heavy (non-hydrogen) atoms. The molecule has 6 heteroatoms. The zero-order valence-corrected chi connectivity index (χ0v) is 13.0. The standard InChI is InChI=1S/C15H24N2O4/c1-10(14(18)19)9-17(4)15(20)16-11(2)5-7-13-8-6-12(3)21-13/h6,8,10-11H,5,7,9H2,1-4H3,(H,16,20)(H,18,19). The maximum absolute atomic E-state index is 11.9. The van der Waals surface area contributed by atoms with E-state index in [9.17, 15) is 9.59 Å². The summed E-state index contributed by atoms with van der Waals surface area (Å²) in [4.78, 5) is 24.1. The highest BCUT2D eigenvalue weighted by Gasteiger charge is 2.18. The van der Waals surface area contributed by atoms with Gasteiger partial charge in [-0.2, -0.15) is 0 Å². The van der Waals surface area contributed by atoms with Crippen LogP contribution >= 0.6 is 0 Å². The molecule has 1 aromatic heterocycles. The summed E-state index contributed by atoms with van der Waals surface area (Å²) in [6.45, 7) is 5.58. The Hall–Kier alpha value is -1.98. The van der Waals surface area contributed by atoms with Gasteiger partial charge >= 0.3 is 12.0 Å². The van der Waals surface area contributed by atoms with Crippen LogP contribution in [0.15, 0.2) is 16.5 Å². The second kappa shape index (κ2) is 7.71. The molecule has 0 aliphatic rings. The number of hydrogen-bond acceptors (Lipinski definition) is 3. The van der Waals surface area contributed by atoms with Gasteiger partial charge in [-0.05, 0) is 32.4 Å². The molecule has 1 aromatic rings. The second-order valence-electron chi connectivity index (χ2n) is 5.52. The molecular weight excluding hydrogens is 272 g/mol. The Morgan fingerprint density at radius 1 is 1.38 bits per heavy atom. The number of rotatable bonds is 7. The maximum atomic E-state index is 11.9. The number of furan rings is 1. The highest BCUT2D eigenvalue weighted by atomic mass is 16.4. The molecule has 0 aliphatic carbocycles. The largest absolute Gasteiger partial charge is 0.481 e. The average molecular weight is 296 g/mol. The molecule has 0 fully saturated rings.